The fourth-order valence-corrected chi connectivity index (χ4v) is 17.1. The zero-order valence-electron chi connectivity index (χ0n) is 73.3. The number of quaternary nitrogens is 1. The fraction of sp³-hybridized carbons (Fsp3) is 0.500. The summed E-state index contributed by atoms with van der Waals surface area (Å²) in [5, 5.41) is 136. The number of unbranched alkanes of at least 4 members (excludes halogenated alkanes) is 5. The van der Waals surface area contributed by atoms with Crippen LogP contribution in [0.2, 0.25) is 5.02 Å². The molecular weight excluding hydrogens is 1730 g/mol. The molecule has 6 aromatic carbocycles. The lowest BCUT2D eigenvalue weighted by Gasteiger charge is -2.47. The van der Waals surface area contributed by atoms with Crippen molar-refractivity contribution in [2.45, 2.75) is 259 Å². The largest absolute Gasteiger partial charge is 0.615 e. The Morgan fingerprint density at radius 2 is 1.32 bits per heavy atom. The van der Waals surface area contributed by atoms with Crippen molar-refractivity contribution in [2.75, 3.05) is 20.2 Å². The van der Waals surface area contributed by atoms with Crippen LogP contribution >= 0.6 is 11.6 Å². The van der Waals surface area contributed by atoms with E-state index in [-0.39, 0.29) is 65.0 Å². The molecular formula is C90H115ClN12O28. The minimum Gasteiger partial charge on any atom is -0.615 e. The van der Waals surface area contributed by atoms with E-state index < -0.39 is 263 Å². The number of aliphatic hydroxyl groups is 6. The molecule has 3 fully saturated rings. The van der Waals surface area contributed by atoms with Gasteiger partial charge >= 0.3 is 0 Å². The quantitative estimate of drug-likeness (QED) is 0.0133. The number of carbonyl (C=O) groups excluding carboxylic acids is 9. The molecule has 0 radical (unpaired) electrons. The molecule has 131 heavy (non-hydrogen) atoms. The molecule has 8 heterocycles. The second-order valence-corrected chi connectivity index (χ2v) is 35.1. The number of hydrogen-bond acceptors (Lipinski definition) is 32. The highest BCUT2D eigenvalue weighted by Gasteiger charge is 2.54. The van der Waals surface area contributed by atoms with Gasteiger partial charge in [-0.25, -0.2) is 0 Å². The third-order valence-corrected chi connectivity index (χ3v) is 24.4. The van der Waals surface area contributed by atoms with E-state index in [1.165, 1.54) is 84.0 Å². The molecule has 24 N–H and O–H groups in total. The average molecular weight is 1850 g/mol. The predicted octanol–water partition coefficient (Wildman–Crippen LogP) is 1.98. The number of carbonyl (C=O) groups is 9. The average Bonchev–Trinajstić information content (AvgIpc) is 0.767. The first-order valence-corrected chi connectivity index (χ1v) is 43.7. The molecule has 11 bridgehead atoms. The maximum absolute atomic E-state index is 16.7. The van der Waals surface area contributed by atoms with Gasteiger partial charge < -0.3 is 143 Å². The number of hydrogen-bond donors (Lipinski definition) is 21. The van der Waals surface area contributed by atoms with Crippen molar-refractivity contribution in [3.63, 3.8) is 0 Å². The number of aromatic hydroxyl groups is 3. The molecule has 0 aliphatic carbocycles. The highest BCUT2D eigenvalue weighted by atomic mass is 35.5. The summed E-state index contributed by atoms with van der Waals surface area (Å²) in [5.74, 6) is -16.9. The Labute approximate surface area is 758 Å². The second kappa shape index (κ2) is 43.3. The van der Waals surface area contributed by atoms with Gasteiger partial charge in [0, 0.05) is 35.6 Å². The highest BCUT2D eigenvalue weighted by molar-refractivity contribution is 6.40. The predicted molar refractivity (Wildman–Crippen MR) is 464 cm³/mol. The van der Waals surface area contributed by atoms with E-state index in [1.807, 2.05) is 38.1 Å². The van der Waals surface area contributed by atoms with Crippen molar-refractivity contribution in [3.8, 4) is 57.1 Å². The third kappa shape index (κ3) is 23.5. The number of phenolic OH excluding ortho intramolecular Hbond substituents is 3. The summed E-state index contributed by atoms with van der Waals surface area (Å²) in [6.45, 7) is 9.72. The van der Waals surface area contributed by atoms with Crippen molar-refractivity contribution in [1.82, 2.24) is 48.1 Å². The molecule has 8 aliphatic heterocycles. The van der Waals surface area contributed by atoms with E-state index in [0.29, 0.717) is 11.2 Å². The van der Waals surface area contributed by atoms with Crippen LogP contribution in [0, 0.1) is 11.1 Å². The van der Waals surface area contributed by atoms with Crippen LogP contribution in [-0.4, -0.2) is 222 Å². The first-order valence-electron chi connectivity index (χ1n) is 43.4. The van der Waals surface area contributed by atoms with Gasteiger partial charge in [0.2, 0.25) is 65.0 Å². The number of likely N-dealkylation sites (N-methyl/N-ethyl adjacent to an activating group) is 1. The molecule has 14 rings (SSSR count). The van der Waals surface area contributed by atoms with Gasteiger partial charge in [0.25, 0.3) is 0 Å². The lowest BCUT2D eigenvalue weighted by Crippen LogP contribution is -2.94. The zero-order chi connectivity index (χ0) is 94.8. The summed E-state index contributed by atoms with van der Waals surface area (Å²) in [5.41, 5.74) is 14.1. The molecule has 0 spiro atoms. The summed E-state index contributed by atoms with van der Waals surface area (Å²) < 4.78 is 52.4. The Morgan fingerprint density at radius 1 is 0.679 bits per heavy atom. The maximum Gasteiger partial charge on any atom is 0.248 e. The van der Waals surface area contributed by atoms with Crippen molar-refractivity contribution in [2.24, 2.45) is 17.4 Å². The van der Waals surface area contributed by atoms with Crippen LogP contribution in [0.1, 0.15) is 182 Å². The minimum atomic E-state index is -2.40. The fourth-order valence-electron chi connectivity index (χ4n) is 16.9. The highest BCUT2D eigenvalue weighted by Crippen LogP contribution is 2.50. The molecule has 710 valence electrons. The minimum absolute atomic E-state index is 0.0774. The third-order valence-electron chi connectivity index (χ3n) is 24.1. The number of nitrogens with one attached hydrogen (secondary N) is 9. The van der Waals surface area contributed by atoms with Crippen LogP contribution in [0.4, 0.5) is 0 Å². The van der Waals surface area contributed by atoms with E-state index in [9.17, 15) is 65.5 Å². The van der Waals surface area contributed by atoms with Crippen LogP contribution < -0.4 is 79.4 Å². The number of fused-ring (bicyclic) bond motifs is 15. The van der Waals surface area contributed by atoms with Crippen LogP contribution in [-0.2, 0) is 84.7 Å². The summed E-state index contributed by atoms with van der Waals surface area (Å²) in [7, 11) is 1.47. The van der Waals surface area contributed by atoms with Crippen molar-refractivity contribution in [1.29, 1.82) is 0 Å². The number of nitrogens with two attached hydrogens (primary N) is 3. The molecule has 3 saturated heterocycles. The zero-order valence-corrected chi connectivity index (χ0v) is 74.1. The first-order chi connectivity index (χ1) is 62.3. The Balaban J connectivity index is 1.05. The van der Waals surface area contributed by atoms with Crippen molar-refractivity contribution >= 4 is 64.5 Å². The number of aliphatic hydroxyl groups excluding tert-OH is 6. The Kier molecular flexibility index (Phi) is 32.9. The summed E-state index contributed by atoms with van der Waals surface area (Å²) in [6, 6.07) is 8.75. The number of benzene rings is 6. The summed E-state index contributed by atoms with van der Waals surface area (Å²) in [6.07, 6.45) is -15.9. The van der Waals surface area contributed by atoms with E-state index in [2.05, 4.69) is 55.0 Å². The molecule has 41 heteroatoms. The lowest BCUT2D eigenvalue weighted by molar-refractivity contribution is -0.666. The van der Waals surface area contributed by atoms with Gasteiger partial charge in [0.05, 0.1) is 61.1 Å². The van der Waals surface area contributed by atoms with Crippen LogP contribution in [0.15, 0.2) is 109 Å². The number of halogens is 1. The number of Topliss-reactive ketones (excluding diaryl/α,β-unsaturated/α-hetero) is 2. The molecule has 22 atom stereocenters. The molecule has 0 aromatic heterocycles. The van der Waals surface area contributed by atoms with E-state index in [4.69, 9.17) is 65.8 Å². The van der Waals surface area contributed by atoms with Crippen molar-refractivity contribution in [3.05, 3.63) is 158 Å². The summed E-state index contributed by atoms with van der Waals surface area (Å²) in [4.78, 5) is 144. The monoisotopic (exact) mass is 1850 g/mol. The first kappa shape index (κ1) is 99.3. The number of aryl methyl sites for hydroxylation is 1. The lowest BCUT2D eigenvalue weighted by atomic mass is 9.86. The van der Waals surface area contributed by atoms with Gasteiger partial charge in [0.15, 0.2) is 30.2 Å². The van der Waals surface area contributed by atoms with Gasteiger partial charge in [-0.2, -0.15) is 10.9 Å². The molecule has 8 aliphatic rings. The Hall–Kier alpha value is -10.7. The Bertz CT molecular complexity index is 5120. The maximum atomic E-state index is 16.7. The number of hydroxylamine groups is 1. The van der Waals surface area contributed by atoms with E-state index in [0.717, 1.165) is 86.2 Å². The van der Waals surface area contributed by atoms with E-state index >= 15 is 28.8 Å². The number of amides is 7. The van der Waals surface area contributed by atoms with Crippen molar-refractivity contribution < 1.29 is 137 Å². The molecule has 0 saturated carbocycles. The van der Waals surface area contributed by atoms with Gasteiger partial charge in [-0.3, -0.25) is 48.0 Å². The number of phenols is 3. The number of primary amides is 1. The van der Waals surface area contributed by atoms with Crippen LogP contribution in [0.3, 0.4) is 0 Å². The van der Waals surface area contributed by atoms with Crippen LogP contribution in [0.25, 0.3) is 11.1 Å². The SMILES string of the molecule is CCCCCCCCc1ccc(CONCC(=O)C(=O)[C@H]2NC(=O)[C@H]3NC(=O)[C@H](NC(=O)[C@@H]4NC(=O)[C@H](CC(N)=O)NC(=O)[C@H](NC(=O)[C@@H](CC(C)C)NC)C(O)c5ccc(c(Cl)c5)Oc5cc4cc(c5O[C@@H]4O[C@H](CO)[C@@H](O)[C@H](O)[C@H]4O[C@H]4C[C@](C)(N[NH2+][O-])[C@@H](O)[C@H](C)O4)Oc4ccc(cc4)[C@H]3O[C@H]3C[C@](C)(N)[C@@H](O)[C@H](C)O3)c3ccc(O)c(c3)-c3c(O)cc(O)cc32)cc1. The normalized spacial score (nSPS) is 28.9. The van der Waals surface area contributed by atoms with Gasteiger partial charge in [0.1, 0.15) is 102 Å². The second-order valence-electron chi connectivity index (χ2n) is 34.7. The molecule has 7 amide bonds. The molecule has 40 nitrogen and oxygen atoms in total. The summed E-state index contributed by atoms with van der Waals surface area (Å²) >= 11 is 7.20. The number of ether oxygens (including phenoxy) is 8. The van der Waals surface area contributed by atoms with Crippen LogP contribution in [0.5, 0.6) is 46.0 Å². The van der Waals surface area contributed by atoms with Gasteiger partial charge in [-0.1, -0.05) is 113 Å². The van der Waals surface area contributed by atoms with E-state index in [1.54, 1.807) is 0 Å². The Morgan fingerprint density at radius 3 is 1.98 bits per heavy atom. The van der Waals surface area contributed by atoms with Gasteiger partial charge in [-0.15, -0.1) is 0 Å². The molecule has 6 aromatic rings. The standard InChI is InChI=1S/C90H115ClN12O28/c1-9-10-11-12-13-14-15-44-16-18-45(19-17-44)40-123-95-38-59(108)74(111)70-53-33-50(105)34-58(107)67(53)52-29-47(22-26-57(52)106)68-84(118)101-72(87(121)99-70)77(129-65-36-89(6,93)80(114)42(4)124-65)46-20-24-51(25-21-46)126-61-31-49-32-62(78(61)131-88-79(76(113)75(112)63(39-104)128-88)130-66-37-90(7,102-103-122)81(115)43(5)125-66)127-60-27-23-48(30-54(60)91)73(110)71(100-82(116)55(94-8)28-41(2)3)86(120)96-56(35-64(92)109)83(117)97-69(49)85(119)98-68/h16-27,29-34,41-43,55-56,63,65-66,68-73,75-77,79-81,88,94-95,102,104-107,110,112-115H,9-15,28,35-40,93,103H2,1-8H3,(H2,92,109)(H,96,120)(H,97,117)(H,98,119)(H,99,121)(H,100,116)(H,101,118)/t42-,43-,55+,56-,63+,65-,66-,68+,69+,70-,71+,72-,73?,75+,76-,77+,79+,80-,81-,88-,89-,90-/m0/s1. The van der Waals surface area contributed by atoms with Gasteiger partial charge in [-0.05, 0) is 153 Å². The topological polar surface area (TPSA) is 619 Å². The molecule has 1 unspecified atom stereocenters. The smallest absolute Gasteiger partial charge is 0.248 e. The number of rotatable bonds is 30. The number of ketones is 2.